The van der Waals surface area contributed by atoms with Crippen LogP contribution in [0, 0.1) is 0 Å². The number of morpholine rings is 1. The number of unbranched alkanes of at least 4 members (excludes halogenated alkanes) is 1. The molecule has 3 aliphatic heterocycles. The first-order valence-corrected chi connectivity index (χ1v) is 14.1. The monoisotopic (exact) mass is 514 g/mol. The molecule has 1 unspecified atom stereocenters. The normalized spacial score (nSPS) is 19.9. The molecule has 6 rings (SSSR count). The van der Waals surface area contributed by atoms with Gasteiger partial charge in [0, 0.05) is 61.7 Å². The molecule has 0 bridgehead atoms. The number of fused-ring (bicyclic) bond motifs is 2. The summed E-state index contributed by atoms with van der Waals surface area (Å²) < 4.78 is 12.7. The van der Waals surface area contributed by atoms with Crippen LogP contribution in [0.15, 0.2) is 59.5 Å². The second-order valence-corrected chi connectivity index (χ2v) is 10.7. The van der Waals surface area contributed by atoms with Crippen LogP contribution in [0.25, 0.3) is 0 Å². The smallest absolute Gasteiger partial charge is 0.271 e. The number of aromatic nitrogens is 1. The topological polar surface area (TPSA) is 69.8 Å². The number of hydrogen-bond donors (Lipinski definition) is 2. The molecule has 1 aromatic heterocycles. The highest BCUT2D eigenvalue weighted by atomic mass is 16.5. The molecular formula is C31H38N4O3. The van der Waals surface area contributed by atoms with Gasteiger partial charge in [-0.2, -0.15) is 0 Å². The molecule has 0 aliphatic carbocycles. The molecule has 7 heteroatoms. The fraction of sp³-hybridized carbons (Fsp3) is 0.452. The fourth-order valence-corrected chi connectivity index (χ4v) is 5.98. The Hall–Kier alpha value is -3.29. The zero-order chi connectivity index (χ0) is 25.9. The highest BCUT2D eigenvalue weighted by Gasteiger charge is 2.29. The summed E-state index contributed by atoms with van der Waals surface area (Å²) in [6.07, 6.45) is 7.28. The number of pyridine rings is 1. The van der Waals surface area contributed by atoms with Gasteiger partial charge in [-0.15, -0.1) is 0 Å². The lowest BCUT2D eigenvalue weighted by Crippen LogP contribution is -2.41. The lowest BCUT2D eigenvalue weighted by atomic mass is 9.95. The Morgan fingerprint density at radius 3 is 2.79 bits per heavy atom. The van der Waals surface area contributed by atoms with Gasteiger partial charge in [-0.25, -0.2) is 0 Å². The number of H-pyrrole nitrogens is 1. The number of rotatable bonds is 7. The summed E-state index contributed by atoms with van der Waals surface area (Å²) in [7, 11) is 0. The van der Waals surface area contributed by atoms with Crippen LogP contribution >= 0.6 is 0 Å². The maximum absolute atomic E-state index is 12.4. The molecule has 0 saturated carbocycles. The van der Waals surface area contributed by atoms with Gasteiger partial charge in [0.05, 0.1) is 6.61 Å². The second-order valence-electron chi connectivity index (χ2n) is 10.7. The van der Waals surface area contributed by atoms with Crippen molar-refractivity contribution in [2.75, 3.05) is 49.5 Å². The minimum atomic E-state index is -0.163. The molecule has 0 amide bonds. The Morgan fingerprint density at radius 2 is 1.95 bits per heavy atom. The summed E-state index contributed by atoms with van der Waals surface area (Å²) in [6, 6.07) is 17.1. The minimum absolute atomic E-state index is 0.0696. The van der Waals surface area contributed by atoms with E-state index in [0.717, 1.165) is 23.5 Å². The molecule has 0 radical (unpaired) electrons. The number of para-hydroxylation sites is 1. The first kappa shape index (κ1) is 25.0. The number of hydrogen-bond acceptors (Lipinski definition) is 6. The van der Waals surface area contributed by atoms with Gasteiger partial charge in [0.1, 0.15) is 23.3 Å². The number of ether oxygens (including phenoxy) is 2. The van der Waals surface area contributed by atoms with Gasteiger partial charge < -0.3 is 29.6 Å². The third kappa shape index (κ3) is 5.31. The average molecular weight is 515 g/mol. The van der Waals surface area contributed by atoms with E-state index in [1.54, 1.807) is 6.20 Å². The van der Waals surface area contributed by atoms with E-state index in [0.29, 0.717) is 31.4 Å². The summed E-state index contributed by atoms with van der Waals surface area (Å²) in [5.41, 5.74) is 5.22. The maximum Gasteiger partial charge on any atom is 0.271 e. The standard InChI is InChI=1S/C31H38N4O3/c1-2-3-14-34-15-11-24(12-16-34)33-25-9-10-28-23(20-25)19-22-6-4-7-26(30(22)38-28)29-21-35(17-18-37-29)27-8-5-13-32-31(27)36/h4-10,13,20,24,29,33H,2-3,11-12,14-19,21H2,1H3,(H,32,36). The van der Waals surface area contributed by atoms with Crippen LogP contribution < -0.4 is 20.5 Å². The van der Waals surface area contributed by atoms with Crippen LogP contribution in [0.4, 0.5) is 11.4 Å². The van der Waals surface area contributed by atoms with Gasteiger partial charge in [0.15, 0.2) is 0 Å². The van der Waals surface area contributed by atoms with E-state index in [-0.39, 0.29) is 11.7 Å². The Kier molecular flexibility index (Phi) is 7.38. The van der Waals surface area contributed by atoms with Gasteiger partial charge in [-0.3, -0.25) is 4.79 Å². The van der Waals surface area contributed by atoms with Gasteiger partial charge in [-0.1, -0.05) is 31.5 Å². The van der Waals surface area contributed by atoms with Gasteiger partial charge in [0.2, 0.25) is 0 Å². The van der Waals surface area contributed by atoms with Crippen molar-refractivity contribution in [1.29, 1.82) is 0 Å². The number of likely N-dealkylation sites (tertiary alicyclic amines) is 1. The van der Waals surface area contributed by atoms with Crippen molar-refractivity contribution in [2.24, 2.45) is 0 Å². The van der Waals surface area contributed by atoms with Crippen molar-refractivity contribution in [3.63, 3.8) is 0 Å². The summed E-state index contributed by atoms with van der Waals surface area (Å²) in [6.45, 7) is 7.72. The van der Waals surface area contributed by atoms with Gasteiger partial charge in [0.25, 0.3) is 5.56 Å². The van der Waals surface area contributed by atoms with Crippen molar-refractivity contribution in [1.82, 2.24) is 9.88 Å². The number of nitrogens with zero attached hydrogens (tertiary/aromatic N) is 2. The van der Waals surface area contributed by atoms with Crippen LogP contribution in [-0.4, -0.2) is 55.3 Å². The molecule has 200 valence electrons. The first-order chi connectivity index (χ1) is 18.7. The van der Waals surface area contributed by atoms with Crippen LogP contribution in [0.5, 0.6) is 11.5 Å². The average Bonchev–Trinajstić information content (AvgIpc) is 2.96. The zero-order valence-electron chi connectivity index (χ0n) is 22.2. The Morgan fingerprint density at radius 1 is 1.05 bits per heavy atom. The molecule has 38 heavy (non-hydrogen) atoms. The minimum Gasteiger partial charge on any atom is -0.456 e. The molecule has 4 heterocycles. The number of piperidine rings is 1. The van der Waals surface area contributed by atoms with E-state index in [1.807, 2.05) is 12.1 Å². The van der Waals surface area contributed by atoms with Crippen LogP contribution in [0.3, 0.4) is 0 Å². The molecule has 2 fully saturated rings. The van der Waals surface area contributed by atoms with Gasteiger partial charge in [-0.05, 0) is 61.7 Å². The zero-order valence-corrected chi connectivity index (χ0v) is 22.2. The summed E-state index contributed by atoms with van der Waals surface area (Å²) in [5, 5.41) is 3.78. The number of aromatic amines is 1. The highest BCUT2D eigenvalue weighted by Crippen LogP contribution is 2.43. The summed E-state index contributed by atoms with van der Waals surface area (Å²) in [4.78, 5) is 19.9. The largest absolute Gasteiger partial charge is 0.456 e. The molecule has 0 spiro atoms. The summed E-state index contributed by atoms with van der Waals surface area (Å²) >= 11 is 0. The van der Waals surface area contributed by atoms with Gasteiger partial charge >= 0.3 is 0 Å². The molecule has 3 aromatic rings. The lowest BCUT2D eigenvalue weighted by molar-refractivity contribution is 0.0383. The van der Waals surface area contributed by atoms with E-state index in [1.165, 1.54) is 62.1 Å². The Balaban J connectivity index is 1.14. The predicted octanol–water partition coefficient (Wildman–Crippen LogP) is 5.33. The molecule has 3 aliphatic rings. The fourth-order valence-electron chi connectivity index (χ4n) is 5.98. The van der Waals surface area contributed by atoms with Crippen molar-refractivity contribution >= 4 is 11.4 Å². The van der Waals surface area contributed by atoms with Crippen molar-refractivity contribution in [3.8, 4) is 11.5 Å². The molecule has 2 saturated heterocycles. The van der Waals surface area contributed by atoms with Crippen molar-refractivity contribution in [2.45, 2.75) is 51.2 Å². The van der Waals surface area contributed by atoms with E-state index >= 15 is 0 Å². The van der Waals surface area contributed by atoms with Crippen LogP contribution in [0.1, 0.15) is 55.4 Å². The predicted molar refractivity (Wildman–Crippen MR) is 152 cm³/mol. The molecule has 7 nitrogen and oxygen atoms in total. The molecule has 2 N–H and O–H groups in total. The Labute approximate surface area is 224 Å². The maximum atomic E-state index is 12.4. The summed E-state index contributed by atoms with van der Waals surface area (Å²) in [5.74, 6) is 1.81. The second kappa shape index (κ2) is 11.2. The van der Waals surface area contributed by atoms with E-state index in [2.05, 4.69) is 63.4 Å². The quantitative estimate of drug-likeness (QED) is 0.348. The molecule has 1 atom stereocenters. The molecular weight excluding hydrogens is 476 g/mol. The van der Waals surface area contributed by atoms with E-state index in [4.69, 9.17) is 9.47 Å². The highest BCUT2D eigenvalue weighted by molar-refractivity contribution is 5.59. The van der Waals surface area contributed by atoms with E-state index in [9.17, 15) is 4.79 Å². The SMILES string of the molecule is CCCCN1CCC(Nc2ccc3c(c2)Cc2cccc(C4CN(c5ccc[nH]c5=O)CCO4)c2O3)CC1. The third-order valence-electron chi connectivity index (χ3n) is 8.12. The Bertz CT molecular complexity index is 1310. The molecule has 2 aromatic carbocycles. The van der Waals surface area contributed by atoms with Crippen molar-refractivity contribution in [3.05, 3.63) is 81.8 Å². The van der Waals surface area contributed by atoms with Crippen molar-refractivity contribution < 1.29 is 9.47 Å². The number of anilines is 2. The van der Waals surface area contributed by atoms with Crippen LogP contribution in [-0.2, 0) is 11.2 Å². The van der Waals surface area contributed by atoms with Crippen LogP contribution in [0.2, 0.25) is 0 Å². The van der Waals surface area contributed by atoms with E-state index < -0.39 is 0 Å². The lowest BCUT2D eigenvalue weighted by Gasteiger charge is -2.35. The first-order valence-electron chi connectivity index (χ1n) is 14.1. The third-order valence-corrected chi connectivity index (χ3v) is 8.12. The number of nitrogens with one attached hydrogen (secondary N) is 2. The number of benzene rings is 2.